The van der Waals surface area contributed by atoms with Gasteiger partial charge in [0, 0.05) is 31.9 Å². The lowest BCUT2D eigenvalue weighted by atomic mass is 10.2. The molecular weight excluding hydrogens is 546 g/mol. The minimum atomic E-state index is -0.623. The molecule has 0 saturated carbocycles. The Hall–Kier alpha value is -4.64. The third-order valence-electron chi connectivity index (χ3n) is 7.97. The first-order valence-electron chi connectivity index (χ1n) is 14.5. The minimum absolute atomic E-state index is 0.0877. The molecule has 0 aliphatic carbocycles. The lowest BCUT2D eigenvalue weighted by Crippen LogP contribution is -2.43. The number of anilines is 2. The van der Waals surface area contributed by atoms with Gasteiger partial charge in [-0.15, -0.1) is 0 Å². The van der Waals surface area contributed by atoms with Crippen LogP contribution in [-0.2, 0) is 19.6 Å². The smallest absolute Gasteiger partial charge is 0.355 e. The predicted octanol–water partition coefficient (Wildman–Crippen LogP) is 3.40. The molecule has 2 aromatic carbocycles. The van der Waals surface area contributed by atoms with Crippen molar-refractivity contribution >= 4 is 11.8 Å². The summed E-state index contributed by atoms with van der Waals surface area (Å²) in [6.07, 6.45) is 4.28. The van der Waals surface area contributed by atoms with Crippen molar-refractivity contribution in [1.82, 2.24) is 24.0 Å². The number of benzene rings is 2. The molecule has 1 atom stereocenters. The van der Waals surface area contributed by atoms with E-state index in [9.17, 15) is 9.59 Å². The van der Waals surface area contributed by atoms with Crippen LogP contribution in [0.4, 0.5) is 11.8 Å². The van der Waals surface area contributed by atoms with Crippen LogP contribution >= 0.6 is 0 Å². The average molecular weight is 586 g/mol. The van der Waals surface area contributed by atoms with Crippen LogP contribution in [0.1, 0.15) is 36.5 Å². The third kappa shape index (κ3) is 6.72. The Bertz CT molecular complexity index is 1630. The van der Waals surface area contributed by atoms with E-state index in [-0.39, 0.29) is 25.2 Å². The van der Waals surface area contributed by atoms with E-state index in [2.05, 4.69) is 34.1 Å². The van der Waals surface area contributed by atoms with Crippen molar-refractivity contribution in [3.63, 3.8) is 0 Å². The van der Waals surface area contributed by atoms with Crippen LogP contribution in [0.25, 0.3) is 0 Å². The molecule has 4 aromatic rings. The van der Waals surface area contributed by atoms with Crippen molar-refractivity contribution < 1.29 is 9.47 Å². The van der Waals surface area contributed by atoms with Gasteiger partial charge in [0.25, 0.3) is 0 Å². The van der Waals surface area contributed by atoms with E-state index in [1.807, 2.05) is 48.5 Å². The van der Waals surface area contributed by atoms with Crippen LogP contribution in [0.15, 0.2) is 76.4 Å². The Morgan fingerprint density at radius 2 is 1.56 bits per heavy atom. The second-order valence-electron chi connectivity index (χ2n) is 10.6. The highest BCUT2D eigenvalue weighted by Crippen LogP contribution is 2.26. The molecule has 43 heavy (non-hydrogen) atoms. The number of aromatic nitrogens is 4. The summed E-state index contributed by atoms with van der Waals surface area (Å²) in [6.45, 7) is 4.86. The van der Waals surface area contributed by atoms with Crippen molar-refractivity contribution in [2.45, 2.75) is 45.6 Å². The van der Waals surface area contributed by atoms with Crippen LogP contribution in [0.3, 0.4) is 0 Å². The first-order chi connectivity index (χ1) is 20.9. The molecule has 5 rings (SSSR count). The van der Waals surface area contributed by atoms with Crippen LogP contribution in [0.5, 0.6) is 11.5 Å². The summed E-state index contributed by atoms with van der Waals surface area (Å²) in [6, 6.07) is 18.6. The number of hydrogen-bond donors (Lipinski definition) is 1. The summed E-state index contributed by atoms with van der Waals surface area (Å²) in [4.78, 5) is 40.8. The van der Waals surface area contributed by atoms with Crippen molar-refractivity contribution in [3.05, 3.63) is 105 Å². The molecule has 1 fully saturated rings. The van der Waals surface area contributed by atoms with Gasteiger partial charge in [0.1, 0.15) is 17.3 Å². The summed E-state index contributed by atoms with van der Waals surface area (Å²) in [5, 5.41) is 3.29. The minimum Gasteiger partial charge on any atom is -0.497 e. The van der Waals surface area contributed by atoms with E-state index in [0.717, 1.165) is 53.0 Å². The maximum Gasteiger partial charge on any atom is 0.355 e. The normalized spacial score (nSPS) is 14.9. The maximum atomic E-state index is 13.9. The highest BCUT2D eigenvalue weighted by molar-refractivity contribution is 5.48. The molecule has 11 heteroatoms. The number of rotatable bonds is 12. The zero-order valence-corrected chi connectivity index (χ0v) is 25.2. The highest BCUT2D eigenvalue weighted by atomic mass is 16.5. The van der Waals surface area contributed by atoms with E-state index in [4.69, 9.17) is 14.5 Å². The SMILES string of the molecule is CCN1CCCC1N(C)c1ncccc1CNc1nc(=O)n(Cc2ccc(OC)cc2)c(=O)n1Cc1ccc(OC)cc1. The zero-order chi connectivity index (χ0) is 30.3. The number of ether oxygens (including phenoxy) is 2. The molecule has 11 nitrogen and oxygen atoms in total. The summed E-state index contributed by atoms with van der Waals surface area (Å²) >= 11 is 0. The summed E-state index contributed by atoms with van der Waals surface area (Å²) in [5.41, 5.74) is 1.52. The maximum absolute atomic E-state index is 13.9. The summed E-state index contributed by atoms with van der Waals surface area (Å²) in [5.74, 6) is 2.47. The Morgan fingerprint density at radius 3 is 2.16 bits per heavy atom. The molecule has 226 valence electrons. The number of pyridine rings is 1. The fourth-order valence-electron chi connectivity index (χ4n) is 5.59. The number of methoxy groups -OCH3 is 2. The second kappa shape index (κ2) is 13.6. The third-order valence-corrected chi connectivity index (χ3v) is 7.97. The molecule has 1 aliphatic heterocycles. The van der Waals surface area contributed by atoms with Gasteiger partial charge in [-0.1, -0.05) is 37.3 Å². The van der Waals surface area contributed by atoms with E-state index in [1.54, 1.807) is 32.5 Å². The molecule has 1 unspecified atom stereocenters. The molecule has 2 aromatic heterocycles. The van der Waals surface area contributed by atoms with E-state index >= 15 is 0 Å². The topological polar surface area (TPSA) is 107 Å². The molecular formula is C32H39N7O4. The summed E-state index contributed by atoms with van der Waals surface area (Å²) in [7, 11) is 5.27. The van der Waals surface area contributed by atoms with E-state index in [1.165, 1.54) is 4.57 Å². The molecule has 3 heterocycles. The van der Waals surface area contributed by atoms with Crippen LogP contribution in [0.2, 0.25) is 0 Å². The zero-order valence-electron chi connectivity index (χ0n) is 25.2. The Balaban J connectivity index is 1.47. The quantitative estimate of drug-likeness (QED) is 0.268. The monoisotopic (exact) mass is 585 g/mol. The van der Waals surface area contributed by atoms with Crippen LogP contribution < -0.4 is 31.1 Å². The fourth-order valence-corrected chi connectivity index (χ4v) is 5.59. The van der Waals surface area contributed by atoms with Gasteiger partial charge < -0.3 is 19.7 Å². The van der Waals surface area contributed by atoms with Crippen LogP contribution in [0, 0.1) is 0 Å². The number of nitrogens with zero attached hydrogens (tertiary/aromatic N) is 6. The van der Waals surface area contributed by atoms with Crippen molar-refractivity contribution in [2.24, 2.45) is 0 Å². The van der Waals surface area contributed by atoms with Crippen molar-refractivity contribution in [2.75, 3.05) is 44.6 Å². The van der Waals surface area contributed by atoms with Gasteiger partial charge in [-0.05, 0) is 60.8 Å². The van der Waals surface area contributed by atoms with Gasteiger partial charge in [0.05, 0.1) is 33.5 Å². The lowest BCUT2D eigenvalue weighted by molar-refractivity contribution is 0.264. The number of likely N-dealkylation sites (tertiary alicyclic amines) is 1. The Kier molecular flexibility index (Phi) is 9.41. The molecule has 1 N–H and O–H groups in total. The van der Waals surface area contributed by atoms with Crippen LogP contribution in [-0.4, -0.2) is 64.5 Å². The van der Waals surface area contributed by atoms with E-state index in [0.29, 0.717) is 18.0 Å². The second-order valence-corrected chi connectivity index (χ2v) is 10.6. The fraction of sp³-hybridized carbons (Fsp3) is 0.375. The largest absolute Gasteiger partial charge is 0.497 e. The van der Waals surface area contributed by atoms with Gasteiger partial charge in [-0.2, -0.15) is 4.98 Å². The predicted molar refractivity (Wildman–Crippen MR) is 167 cm³/mol. The molecule has 1 aliphatic rings. The number of nitrogens with one attached hydrogen (secondary N) is 1. The van der Waals surface area contributed by atoms with Crippen molar-refractivity contribution in [3.8, 4) is 11.5 Å². The van der Waals surface area contributed by atoms with Gasteiger partial charge in [-0.3, -0.25) is 9.47 Å². The molecule has 0 radical (unpaired) electrons. The Morgan fingerprint density at radius 1 is 0.930 bits per heavy atom. The van der Waals surface area contributed by atoms with Gasteiger partial charge in [0.15, 0.2) is 0 Å². The Labute approximate surface area is 251 Å². The first kappa shape index (κ1) is 29.8. The van der Waals surface area contributed by atoms with Gasteiger partial charge in [0.2, 0.25) is 5.95 Å². The number of hydrogen-bond acceptors (Lipinski definition) is 9. The first-order valence-corrected chi connectivity index (χ1v) is 14.5. The molecule has 0 amide bonds. The standard InChI is InChI=1S/C32H39N7O4/c1-5-37-19-7-9-28(37)36(2)29-25(8-6-18-33-29)20-34-30-35-31(40)39(22-24-12-16-27(43-4)17-13-24)32(41)38(30)21-23-10-14-26(42-3)15-11-23/h6,8,10-18,28H,5,7,9,19-22H2,1-4H3,(H,34,35,40). The van der Waals surface area contributed by atoms with Gasteiger partial charge >= 0.3 is 11.4 Å². The lowest BCUT2D eigenvalue weighted by Gasteiger charge is -2.33. The molecule has 0 bridgehead atoms. The molecule has 0 spiro atoms. The van der Waals surface area contributed by atoms with E-state index < -0.39 is 11.4 Å². The molecule has 1 saturated heterocycles. The summed E-state index contributed by atoms with van der Waals surface area (Å²) < 4.78 is 13.2. The highest BCUT2D eigenvalue weighted by Gasteiger charge is 2.28. The van der Waals surface area contributed by atoms with Gasteiger partial charge in [-0.25, -0.2) is 19.1 Å². The average Bonchev–Trinajstić information content (AvgIpc) is 3.53. The van der Waals surface area contributed by atoms with Crippen molar-refractivity contribution in [1.29, 1.82) is 0 Å².